The fraction of sp³-hybridized carbons (Fsp3) is 0.200. The van der Waals surface area contributed by atoms with Crippen molar-refractivity contribution >= 4 is 21.6 Å². The van der Waals surface area contributed by atoms with Gasteiger partial charge in [0.05, 0.1) is 30.3 Å². The Kier molecular flexibility index (Phi) is 4.10. The molecule has 0 atom stereocenters. The molecule has 3 rings (SSSR count). The Morgan fingerprint density at radius 1 is 1.33 bits per heavy atom. The summed E-state index contributed by atoms with van der Waals surface area (Å²) < 4.78 is 45.7. The largest absolute Gasteiger partial charge is 0.495 e. The Morgan fingerprint density at radius 2 is 2.12 bits per heavy atom. The molecule has 0 bridgehead atoms. The van der Waals surface area contributed by atoms with Gasteiger partial charge in [-0.05, 0) is 24.3 Å². The van der Waals surface area contributed by atoms with Crippen LogP contribution in [0.2, 0.25) is 0 Å². The molecule has 1 aromatic carbocycles. The molecular formula is C15H14FN3O4S. The second-order valence-corrected chi connectivity index (χ2v) is 6.78. The first-order valence-corrected chi connectivity index (χ1v) is 8.52. The molecule has 2 N–H and O–H groups in total. The average Bonchev–Trinajstić information content (AvgIpc) is 2.55. The van der Waals surface area contributed by atoms with Crippen molar-refractivity contribution in [2.24, 2.45) is 0 Å². The number of nitrogens with zero attached hydrogens (tertiary/aromatic N) is 1. The van der Waals surface area contributed by atoms with E-state index >= 15 is 0 Å². The van der Waals surface area contributed by atoms with E-state index in [4.69, 9.17) is 4.74 Å². The normalized spacial score (nSPS) is 13.8. The summed E-state index contributed by atoms with van der Waals surface area (Å²) in [5.74, 6) is -1.01. The Bertz CT molecular complexity index is 915. The molecule has 1 aliphatic heterocycles. The van der Waals surface area contributed by atoms with Crippen molar-refractivity contribution in [3.63, 3.8) is 0 Å². The molecule has 126 valence electrons. The number of aromatic nitrogens is 1. The molecule has 0 radical (unpaired) electrons. The fourth-order valence-electron chi connectivity index (χ4n) is 2.41. The van der Waals surface area contributed by atoms with Crippen LogP contribution in [0.4, 0.5) is 10.1 Å². The van der Waals surface area contributed by atoms with E-state index in [0.29, 0.717) is 24.2 Å². The number of hydrogen-bond donors (Lipinski definition) is 2. The van der Waals surface area contributed by atoms with Crippen molar-refractivity contribution in [2.75, 3.05) is 18.4 Å². The van der Waals surface area contributed by atoms with Crippen molar-refractivity contribution in [2.45, 2.75) is 11.3 Å². The molecule has 0 unspecified atom stereocenters. The first kappa shape index (κ1) is 16.2. The number of sulfonamides is 1. The maximum atomic E-state index is 13.4. The van der Waals surface area contributed by atoms with Gasteiger partial charge in [-0.15, -0.1) is 0 Å². The van der Waals surface area contributed by atoms with Gasteiger partial charge in [0, 0.05) is 13.0 Å². The molecule has 0 fully saturated rings. The number of nitrogens with one attached hydrogen (secondary N) is 2. The number of fused-ring (bicyclic) bond motifs is 1. The lowest BCUT2D eigenvalue weighted by molar-refractivity contribution is 0.0945. The topological polar surface area (TPSA) is 97.4 Å². The quantitative estimate of drug-likeness (QED) is 0.866. The number of amides is 1. The summed E-state index contributed by atoms with van der Waals surface area (Å²) in [5, 5.41) is 2.66. The van der Waals surface area contributed by atoms with E-state index in [1.165, 1.54) is 25.4 Å². The number of rotatable bonds is 4. The Hall–Kier alpha value is -2.68. The number of hydrogen-bond acceptors (Lipinski definition) is 5. The molecule has 1 aliphatic rings. The second kappa shape index (κ2) is 6.08. The molecule has 0 spiro atoms. The third-order valence-electron chi connectivity index (χ3n) is 3.53. The van der Waals surface area contributed by atoms with Gasteiger partial charge in [-0.2, -0.15) is 0 Å². The minimum atomic E-state index is -4.11. The molecule has 7 nitrogen and oxygen atoms in total. The molecule has 1 aromatic heterocycles. The maximum absolute atomic E-state index is 13.4. The van der Waals surface area contributed by atoms with Crippen LogP contribution in [-0.2, 0) is 16.4 Å². The van der Waals surface area contributed by atoms with E-state index in [0.717, 1.165) is 12.1 Å². The van der Waals surface area contributed by atoms with Crippen LogP contribution in [0.3, 0.4) is 0 Å². The van der Waals surface area contributed by atoms with Gasteiger partial charge >= 0.3 is 0 Å². The lowest BCUT2D eigenvalue weighted by Gasteiger charge is -2.17. The van der Waals surface area contributed by atoms with Crippen LogP contribution < -0.4 is 14.8 Å². The zero-order valence-electron chi connectivity index (χ0n) is 12.7. The molecule has 2 heterocycles. The van der Waals surface area contributed by atoms with Gasteiger partial charge in [0.2, 0.25) is 0 Å². The van der Waals surface area contributed by atoms with Crippen molar-refractivity contribution in [1.29, 1.82) is 0 Å². The summed E-state index contributed by atoms with van der Waals surface area (Å²) in [6, 6.07) is 4.59. The van der Waals surface area contributed by atoms with E-state index in [1.54, 1.807) is 0 Å². The number of carbonyl (C=O) groups excluding carboxylic acids is 1. The number of benzene rings is 1. The second-order valence-electron chi connectivity index (χ2n) is 5.12. The van der Waals surface area contributed by atoms with E-state index in [1.807, 2.05) is 0 Å². The van der Waals surface area contributed by atoms with Gasteiger partial charge in [-0.3, -0.25) is 14.5 Å². The number of halogens is 1. The minimum Gasteiger partial charge on any atom is -0.495 e. The highest BCUT2D eigenvalue weighted by Gasteiger charge is 2.23. The van der Waals surface area contributed by atoms with E-state index < -0.39 is 15.8 Å². The van der Waals surface area contributed by atoms with E-state index in [9.17, 15) is 17.6 Å². The van der Waals surface area contributed by atoms with Gasteiger partial charge in [0.25, 0.3) is 15.9 Å². The summed E-state index contributed by atoms with van der Waals surface area (Å²) in [6.07, 6.45) is 1.90. The summed E-state index contributed by atoms with van der Waals surface area (Å²) in [7, 11) is -2.82. The van der Waals surface area contributed by atoms with E-state index in [-0.39, 0.29) is 22.2 Å². The highest BCUT2D eigenvalue weighted by molar-refractivity contribution is 7.92. The van der Waals surface area contributed by atoms with Crippen LogP contribution in [0.15, 0.2) is 35.4 Å². The van der Waals surface area contributed by atoms with Gasteiger partial charge in [-0.25, -0.2) is 12.8 Å². The summed E-state index contributed by atoms with van der Waals surface area (Å²) >= 11 is 0. The van der Waals surface area contributed by atoms with Crippen molar-refractivity contribution in [3.8, 4) is 5.75 Å². The van der Waals surface area contributed by atoms with Crippen LogP contribution >= 0.6 is 0 Å². The molecule has 0 saturated carbocycles. The monoisotopic (exact) mass is 351 g/mol. The van der Waals surface area contributed by atoms with Crippen LogP contribution in [0.5, 0.6) is 5.75 Å². The zero-order chi connectivity index (χ0) is 17.3. The highest BCUT2D eigenvalue weighted by Crippen LogP contribution is 2.27. The first-order valence-electron chi connectivity index (χ1n) is 7.04. The third kappa shape index (κ3) is 3.02. The predicted octanol–water partition coefficient (Wildman–Crippen LogP) is 1.32. The summed E-state index contributed by atoms with van der Waals surface area (Å²) in [4.78, 5) is 15.6. The Morgan fingerprint density at radius 3 is 2.88 bits per heavy atom. The number of carbonyl (C=O) groups is 1. The third-order valence-corrected chi connectivity index (χ3v) is 4.93. The number of methoxy groups -OCH3 is 1. The van der Waals surface area contributed by atoms with Gasteiger partial charge in [0.1, 0.15) is 16.5 Å². The summed E-state index contributed by atoms with van der Waals surface area (Å²) in [5.41, 5.74) is 1.02. The molecule has 2 aromatic rings. The lowest BCUT2D eigenvalue weighted by Crippen LogP contribution is -2.32. The summed E-state index contributed by atoms with van der Waals surface area (Å²) in [6.45, 7) is 0.490. The zero-order valence-corrected chi connectivity index (χ0v) is 13.5. The SMILES string of the molecule is COc1ccc(F)cc1S(=O)(=O)Nc1cnc2c(c1)C(=O)NCC2. The Labute approximate surface area is 137 Å². The van der Waals surface area contributed by atoms with Crippen molar-refractivity contribution < 1.29 is 22.3 Å². The molecule has 24 heavy (non-hydrogen) atoms. The average molecular weight is 351 g/mol. The lowest BCUT2D eigenvalue weighted by atomic mass is 10.1. The number of anilines is 1. The van der Waals surface area contributed by atoms with Crippen molar-refractivity contribution in [3.05, 3.63) is 47.5 Å². The van der Waals surface area contributed by atoms with Crippen LogP contribution in [0.1, 0.15) is 16.1 Å². The number of ether oxygens (including phenoxy) is 1. The smallest absolute Gasteiger partial charge is 0.265 e. The standard InChI is InChI=1S/C15H14FN3O4S/c1-23-13-3-2-9(16)6-14(13)24(21,22)19-10-7-11-12(18-8-10)4-5-17-15(11)20/h2-3,6-8,19H,4-5H2,1H3,(H,17,20). The van der Waals surface area contributed by atoms with Crippen LogP contribution in [0.25, 0.3) is 0 Å². The minimum absolute atomic E-state index is 0.00700. The Balaban J connectivity index is 1.97. The predicted molar refractivity (Wildman–Crippen MR) is 84.0 cm³/mol. The van der Waals surface area contributed by atoms with Gasteiger partial charge in [0.15, 0.2) is 0 Å². The van der Waals surface area contributed by atoms with Crippen LogP contribution in [-0.4, -0.2) is 33.0 Å². The maximum Gasteiger partial charge on any atom is 0.265 e. The molecule has 9 heteroatoms. The van der Waals surface area contributed by atoms with Crippen molar-refractivity contribution in [1.82, 2.24) is 10.3 Å². The molecule has 1 amide bonds. The fourth-order valence-corrected chi connectivity index (χ4v) is 3.62. The van der Waals surface area contributed by atoms with Gasteiger partial charge in [-0.1, -0.05) is 0 Å². The highest BCUT2D eigenvalue weighted by atomic mass is 32.2. The molecular weight excluding hydrogens is 337 g/mol. The van der Waals surface area contributed by atoms with E-state index in [2.05, 4.69) is 15.0 Å². The first-order chi connectivity index (χ1) is 11.4. The van der Waals surface area contributed by atoms with Gasteiger partial charge < -0.3 is 10.1 Å². The van der Waals surface area contributed by atoms with Crippen LogP contribution in [0, 0.1) is 5.82 Å². The number of pyridine rings is 1. The molecule has 0 saturated heterocycles. The molecule has 0 aliphatic carbocycles.